The zero-order chi connectivity index (χ0) is 10.6. The molecular weight excluding hydrogens is 250 g/mol. The van der Waals surface area contributed by atoms with Crippen LogP contribution in [0.2, 0.25) is 0 Å². The molecule has 0 aliphatic carbocycles. The molecule has 1 amide bonds. The van der Waals surface area contributed by atoms with Gasteiger partial charge in [-0.15, -0.1) is 0 Å². The highest BCUT2D eigenvalue weighted by atomic mass is 79.9. The van der Waals surface area contributed by atoms with Crippen LogP contribution in [0.1, 0.15) is 10.4 Å². The summed E-state index contributed by atoms with van der Waals surface area (Å²) in [4.78, 5) is 24.6. The Labute approximate surface area is 87.9 Å². The van der Waals surface area contributed by atoms with Gasteiger partial charge in [0.15, 0.2) is 0 Å². The molecule has 0 aromatic carbocycles. The van der Waals surface area contributed by atoms with E-state index >= 15 is 0 Å². The fraction of sp³-hybridized carbons (Fsp3) is 0.125. The maximum Gasteiger partial charge on any atom is 0.262 e. The van der Waals surface area contributed by atoms with Gasteiger partial charge in [-0.25, -0.2) is 0 Å². The Morgan fingerprint density at radius 1 is 1.71 bits per heavy atom. The molecule has 1 heterocycles. The predicted molar refractivity (Wildman–Crippen MR) is 52.7 cm³/mol. The van der Waals surface area contributed by atoms with Gasteiger partial charge in [0, 0.05) is 6.20 Å². The summed E-state index contributed by atoms with van der Waals surface area (Å²) < 4.78 is 0.280. The lowest BCUT2D eigenvalue weighted by Gasteiger charge is -2.00. The molecular formula is C8H6BrN3O2. The third-order valence-electron chi connectivity index (χ3n) is 1.45. The standard InChI is InChI=1S/C8H6BrN3O2/c9-6-3-5(4-12-8(6)14)7(13)11-2-1-10/h3-4H,2H2,(H,11,13)(H,12,14). The molecule has 0 radical (unpaired) electrons. The van der Waals surface area contributed by atoms with Crippen LogP contribution in [-0.2, 0) is 0 Å². The first-order valence-corrected chi connectivity index (χ1v) is 4.48. The van der Waals surface area contributed by atoms with E-state index < -0.39 is 5.91 Å². The third kappa shape index (κ3) is 2.44. The molecule has 72 valence electrons. The molecule has 0 unspecified atom stereocenters. The molecule has 1 aromatic rings. The Balaban J connectivity index is 2.87. The van der Waals surface area contributed by atoms with Gasteiger partial charge in [-0.3, -0.25) is 9.59 Å². The highest BCUT2D eigenvalue weighted by Crippen LogP contribution is 2.04. The molecule has 0 saturated heterocycles. The molecule has 0 aliphatic heterocycles. The van der Waals surface area contributed by atoms with E-state index in [1.165, 1.54) is 12.3 Å². The molecule has 1 rings (SSSR count). The van der Waals surface area contributed by atoms with E-state index in [1.807, 2.05) is 0 Å². The molecule has 0 bridgehead atoms. The largest absolute Gasteiger partial charge is 0.339 e. The molecule has 14 heavy (non-hydrogen) atoms. The smallest absolute Gasteiger partial charge is 0.262 e. The average Bonchev–Trinajstić information content (AvgIpc) is 2.18. The van der Waals surface area contributed by atoms with Crippen LogP contribution in [0.15, 0.2) is 21.5 Å². The van der Waals surface area contributed by atoms with Crippen molar-refractivity contribution in [3.63, 3.8) is 0 Å². The summed E-state index contributed by atoms with van der Waals surface area (Å²) in [6.45, 7) is -0.0599. The number of halogens is 1. The second-order valence-corrected chi connectivity index (χ2v) is 3.26. The van der Waals surface area contributed by atoms with Gasteiger partial charge < -0.3 is 10.3 Å². The van der Waals surface area contributed by atoms with E-state index in [9.17, 15) is 9.59 Å². The quantitative estimate of drug-likeness (QED) is 0.750. The number of amides is 1. The molecule has 5 nitrogen and oxygen atoms in total. The minimum absolute atomic E-state index is 0.0599. The Morgan fingerprint density at radius 3 is 3.00 bits per heavy atom. The van der Waals surface area contributed by atoms with Gasteiger partial charge in [-0.05, 0) is 22.0 Å². The highest BCUT2D eigenvalue weighted by Gasteiger charge is 2.06. The van der Waals surface area contributed by atoms with Gasteiger partial charge in [-0.2, -0.15) is 5.26 Å². The molecule has 0 spiro atoms. The summed E-state index contributed by atoms with van der Waals surface area (Å²) in [6.07, 6.45) is 1.29. The van der Waals surface area contributed by atoms with Crippen molar-refractivity contribution in [2.24, 2.45) is 0 Å². The summed E-state index contributed by atoms with van der Waals surface area (Å²) in [5.74, 6) is -0.400. The number of nitriles is 1. The number of nitrogens with one attached hydrogen (secondary N) is 2. The summed E-state index contributed by atoms with van der Waals surface area (Å²) in [5, 5.41) is 10.6. The SMILES string of the molecule is N#CCNC(=O)c1c[nH]c(=O)c(Br)c1. The predicted octanol–water partition coefficient (Wildman–Crippen LogP) is 0.391. The molecule has 0 saturated carbocycles. The van der Waals surface area contributed by atoms with Crippen molar-refractivity contribution in [3.8, 4) is 6.07 Å². The highest BCUT2D eigenvalue weighted by molar-refractivity contribution is 9.10. The van der Waals surface area contributed by atoms with Crippen LogP contribution >= 0.6 is 15.9 Å². The summed E-state index contributed by atoms with van der Waals surface area (Å²) in [6, 6.07) is 3.17. The monoisotopic (exact) mass is 255 g/mol. The van der Waals surface area contributed by atoms with Gasteiger partial charge >= 0.3 is 0 Å². The Kier molecular flexibility index (Phi) is 3.42. The van der Waals surface area contributed by atoms with Crippen molar-refractivity contribution in [1.29, 1.82) is 5.26 Å². The van der Waals surface area contributed by atoms with Crippen LogP contribution in [0.5, 0.6) is 0 Å². The van der Waals surface area contributed by atoms with Crippen LogP contribution in [0.3, 0.4) is 0 Å². The summed E-state index contributed by atoms with van der Waals surface area (Å²) in [5.41, 5.74) is -0.00596. The number of carbonyl (C=O) groups excluding carboxylic acids is 1. The van der Waals surface area contributed by atoms with Crippen molar-refractivity contribution >= 4 is 21.8 Å². The first-order valence-electron chi connectivity index (χ1n) is 3.68. The zero-order valence-corrected chi connectivity index (χ0v) is 8.59. The van der Waals surface area contributed by atoms with Crippen molar-refractivity contribution in [3.05, 3.63) is 32.7 Å². The van der Waals surface area contributed by atoms with Crippen LogP contribution in [0.4, 0.5) is 0 Å². The second-order valence-electron chi connectivity index (χ2n) is 2.41. The second kappa shape index (κ2) is 4.58. The minimum atomic E-state index is -0.400. The fourth-order valence-corrected chi connectivity index (χ4v) is 1.17. The van der Waals surface area contributed by atoms with Crippen LogP contribution < -0.4 is 10.9 Å². The Hall–Kier alpha value is -1.61. The number of aromatic nitrogens is 1. The van der Waals surface area contributed by atoms with Crippen molar-refractivity contribution in [2.45, 2.75) is 0 Å². The van der Waals surface area contributed by atoms with E-state index in [2.05, 4.69) is 26.2 Å². The lowest BCUT2D eigenvalue weighted by atomic mass is 10.3. The average molecular weight is 256 g/mol. The first-order chi connectivity index (χ1) is 6.65. The van der Waals surface area contributed by atoms with Gasteiger partial charge in [-0.1, -0.05) is 0 Å². The van der Waals surface area contributed by atoms with Crippen molar-refractivity contribution < 1.29 is 4.79 Å². The number of hydrogen-bond donors (Lipinski definition) is 2. The molecule has 6 heteroatoms. The van der Waals surface area contributed by atoms with E-state index in [0.717, 1.165) is 0 Å². The fourth-order valence-electron chi connectivity index (χ4n) is 0.809. The zero-order valence-electron chi connectivity index (χ0n) is 7.00. The van der Waals surface area contributed by atoms with E-state index in [0.29, 0.717) is 5.56 Å². The summed E-state index contributed by atoms with van der Waals surface area (Å²) in [7, 11) is 0. The lowest BCUT2D eigenvalue weighted by molar-refractivity contribution is 0.0958. The number of pyridine rings is 1. The normalized spacial score (nSPS) is 9.14. The number of aromatic amines is 1. The Bertz CT molecular complexity index is 447. The van der Waals surface area contributed by atoms with Crippen molar-refractivity contribution in [2.75, 3.05) is 6.54 Å². The van der Waals surface area contributed by atoms with Gasteiger partial charge in [0.2, 0.25) is 0 Å². The van der Waals surface area contributed by atoms with E-state index in [1.54, 1.807) is 6.07 Å². The van der Waals surface area contributed by atoms with Crippen LogP contribution in [0.25, 0.3) is 0 Å². The summed E-state index contributed by atoms with van der Waals surface area (Å²) >= 11 is 2.99. The molecule has 2 N–H and O–H groups in total. The first kappa shape index (κ1) is 10.5. The number of rotatable bonds is 2. The van der Waals surface area contributed by atoms with Crippen molar-refractivity contribution in [1.82, 2.24) is 10.3 Å². The van der Waals surface area contributed by atoms with Gasteiger partial charge in [0.05, 0.1) is 16.1 Å². The molecule has 0 aliphatic rings. The number of H-pyrrole nitrogens is 1. The maximum absolute atomic E-state index is 11.3. The molecule has 0 fully saturated rings. The van der Waals surface area contributed by atoms with Gasteiger partial charge in [0.1, 0.15) is 6.54 Å². The van der Waals surface area contributed by atoms with E-state index in [4.69, 9.17) is 5.26 Å². The topological polar surface area (TPSA) is 85.8 Å². The molecule has 1 aromatic heterocycles. The minimum Gasteiger partial charge on any atom is -0.339 e. The maximum atomic E-state index is 11.3. The van der Waals surface area contributed by atoms with Crippen LogP contribution in [0, 0.1) is 11.3 Å². The number of carbonyl (C=O) groups is 1. The van der Waals surface area contributed by atoms with E-state index in [-0.39, 0.29) is 16.6 Å². The number of nitrogens with zero attached hydrogens (tertiary/aromatic N) is 1. The number of hydrogen-bond acceptors (Lipinski definition) is 3. The van der Waals surface area contributed by atoms with Crippen LogP contribution in [-0.4, -0.2) is 17.4 Å². The lowest BCUT2D eigenvalue weighted by Crippen LogP contribution is -2.24. The molecule has 0 atom stereocenters. The third-order valence-corrected chi connectivity index (χ3v) is 2.04. The Morgan fingerprint density at radius 2 is 2.43 bits per heavy atom. The van der Waals surface area contributed by atoms with Gasteiger partial charge in [0.25, 0.3) is 11.5 Å².